The first-order chi connectivity index (χ1) is 13.1. The smallest absolute Gasteiger partial charge is 0.351 e. The molecular weight excluding hydrogens is 366 g/mol. The lowest BCUT2D eigenvalue weighted by Gasteiger charge is -2.15. The van der Waals surface area contributed by atoms with Gasteiger partial charge in [-0.2, -0.15) is 0 Å². The Labute approximate surface area is 164 Å². The number of carbonyl (C=O) groups is 4. The summed E-state index contributed by atoms with van der Waals surface area (Å²) in [6, 6.07) is 6.97. The van der Waals surface area contributed by atoms with Crippen LogP contribution in [0.5, 0.6) is 0 Å². The highest BCUT2D eigenvalue weighted by Gasteiger charge is 2.09. The Balaban J connectivity index is 0.00000105. The number of benzene rings is 1. The van der Waals surface area contributed by atoms with Crippen molar-refractivity contribution in [2.75, 3.05) is 31.5 Å². The van der Waals surface area contributed by atoms with E-state index in [1.807, 2.05) is 13.8 Å². The lowest BCUT2D eigenvalue weighted by Crippen LogP contribution is -3.12. The molecule has 9 nitrogen and oxygen atoms in total. The summed E-state index contributed by atoms with van der Waals surface area (Å²) in [7, 11) is 0. The van der Waals surface area contributed by atoms with Crippen molar-refractivity contribution in [3.63, 3.8) is 0 Å². The number of nitrogens with one attached hydrogen (secondary N) is 3. The van der Waals surface area contributed by atoms with Crippen LogP contribution in [0.1, 0.15) is 38.1 Å². The molecule has 1 rings (SSSR count). The molecule has 0 unspecified atom stereocenters. The Morgan fingerprint density at radius 2 is 1.57 bits per heavy atom. The molecule has 0 spiro atoms. The molecule has 0 aliphatic rings. The molecule has 0 atom stereocenters. The molecule has 9 heteroatoms. The van der Waals surface area contributed by atoms with Crippen molar-refractivity contribution in [1.82, 2.24) is 5.32 Å². The van der Waals surface area contributed by atoms with Crippen LogP contribution in [0.2, 0.25) is 0 Å². The average molecular weight is 395 g/mol. The largest absolute Gasteiger partial charge is 0.539 e. The first kappa shape index (κ1) is 25.1. The molecule has 156 valence electrons. The maximum Gasteiger partial charge on any atom is 0.351 e. The van der Waals surface area contributed by atoms with Gasteiger partial charge >= 0.3 is 5.97 Å². The second kappa shape index (κ2) is 13.3. The number of hydrogen-bond acceptors (Lipinski definition) is 5. The Morgan fingerprint density at radius 3 is 1.96 bits per heavy atom. The number of anilines is 1. The van der Waals surface area contributed by atoms with Crippen LogP contribution < -0.4 is 20.6 Å². The van der Waals surface area contributed by atoms with E-state index in [9.17, 15) is 9.59 Å². The molecule has 28 heavy (non-hydrogen) atoms. The summed E-state index contributed by atoms with van der Waals surface area (Å²) in [6.07, 6.45) is 0. The van der Waals surface area contributed by atoms with E-state index in [2.05, 4.69) is 24.5 Å². The fourth-order valence-corrected chi connectivity index (χ4v) is 2.05. The van der Waals surface area contributed by atoms with Gasteiger partial charge in [0, 0.05) is 17.2 Å². The van der Waals surface area contributed by atoms with Crippen molar-refractivity contribution >= 4 is 29.4 Å². The maximum absolute atomic E-state index is 12.0. The molecule has 2 amide bonds. The average Bonchev–Trinajstić information content (AvgIpc) is 2.66. The predicted molar refractivity (Wildman–Crippen MR) is 102 cm³/mol. The van der Waals surface area contributed by atoms with Gasteiger partial charge in [0.15, 0.2) is 5.97 Å². The molecule has 0 saturated heterocycles. The number of carbonyl (C=O) groups excluding carboxylic acids is 3. The molecule has 0 aliphatic heterocycles. The van der Waals surface area contributed by atoms with Crippen molar-refractivity contribution in [3.05, 3.63) is 29.8 Å². The second-order valence-electron chi connectivity index (χ2n) is 6.28. The standard InChI is InChI=1S/C17H27N3O2.C2H2O4/c1-5-20(6-2)12-11-18-17(22)14-7-9-15(10-8-14)19-16(21)13(3)4;3-1(4)2(5)6/h7-10,13H,5-6,11-12H2,1-4H3,(H,18,22)(H,19,21);(H,3,4)(H,5,6). The van der Waals surface area contributed by atoms with E-state index in [4.69, 9.17) is 19.8 Å². The van der Waals surface area contributed by atoms with E-state index in [0.29, 0.717) is 17.8 Å². The minimum absolute atomic E-state index is 0.0283. The molecule has 0 saturated carbocycles. The highest BCUT2D eigenvalue weighted by molar-refractivity contribution is 6.26. The van der Waals surface area contributed by atoms with Gasteiger partial charge in [0.1, 0.15) is 0 Å². The highest BCUT2D eigenvalue weighted by atomic mass is 16.4. The van der Waals surface area contributed by atoms with Crippen LogP contribution in [0, 0.1) is 5.92 Å². The van der Waals surface area contributed by atoms with Gasteiger partial charge in [0.25, 0.3) is 5.91 Å². The number of carboxylic acids is 2. The van der Waals surface area contributed by atoms with E-state index in [0.717, 1.165) is 19.6 Å². The first-order valence-corrected chi connectivity index (χ1v) is 9.09. The van der Waals surface area contributed by atoms with E-state index in [1.165, 1.54) is 4.90 Å². The van der Waals surface area contributed by atoms with Crippen molar-refractivity contribution in [2.24, 2.45) is 5.92 Å². The summed E-state index contributed by atoms with van der Waals surface area (Å²) < 4.78 is 0. The lowest BCUT2D eigenvalue weighted by atomic mass is 10.1. The summed E-state index contributed by atoms with van der Waals surface area (Å²) in [5.41, 5.74) is 1.32. The van der Waals surface area contributed by atoms with Crippen LogP contribution in [0.3, 0.4) is 0 Å². The van der Waals surface area contributed by atoms with Crippen LogP contribution >= 0.6 is 0 Å². The molecule has 4 N–H and O–H groups in total. The van der Waals surface area contributed by atoms with Crippen LogP contribution in [0.4, 0.5) is 5.69 Å². The van der Waals surface area contributed by atoms with E-state index in [1.54, 1.807) is 24.3 Å². The summed E-state index contributed by atoms with van der Waals surface area (Å²) in [6.45, 7) is 11.7. The molecule has 0 heterocycles. The Bertz CT molecular complexity index is 642. The zero-order valence-electron chi connectivity index (χ0n) is 16.7. The number of carboxylic acid groups (broad SMARTS) is 2. The van der Waals surface area contributed by atoms with Gasteiger partial charge in [0.2, 0.25) is 5.91 Å². The van der Waals surface area contributed by atoms with Gasteiger partial charge in [-0.25, -0.2) is 4.79 Å². The van der Waals surface area contributed by atoms with Crippen molar-refractivity contribution < 1.29 is 34.3 Å². The third-order valence-electron chi connectivity index (χ3n) is 3.88. The number of hydrogen-bond donors (Lipinski definition) is 4. The fourth-order valence-electron chi connectivity index (χ4n) is 2.05. The Kier molecular flexibility index (Phi) is 11.9. The fraction of sp³-hybridized carbons (Fsp3) is 0.474. The first-order valence-electron chi connectivity index (χ1n) is 9.09. The van der Waals surface area contributed by atoms with Crippen LogP contribution in [-0.4, -0.2) is 55.0 Å². The number of likely N-dealkylation sites (N-methyl/N-ethyl adjacent to an activating group) is 1. The van der Waals surface area contributed by atoms with Crippen LogP contribution in [0.25, 0.3) is 0 Å². The van der Waals surface area contributed by atoms with Gasteiger partial charge in [-0.05, 0) is 38.1 Å². The lowest BCUT2D eigenvalue weighted by molar-refractivity contribution is -0.895. The maximum atomic E-state index is 12.0. The minimum atomic E-state index is -2.07. The molecule has 0 radical (unpaired) electrons. The molecule has 1 aromatic carbocycles. The minimum Gasteiger partial charge on any atom is -0.539 e. The molecule has 1 aromatic rings. The zero-order valence-corrected chi connectivity index (χ0v) is 16.7. The Hall–Kier alpha value is -2.94. The van der Waals surface area contributed by atoms with Gasteiger partial charge in [0.05, 0.1) is 26.2 Å². The molecule has 0 aromatic heterocycles. The van der Waals surface area contributed by atoms with Crippen LogP contribution in [-0.2, 0) is 14.4 Å². The van der Waals surface area contributed by atoms with Gasteiger partial charge in [-0.1, -0.05) is 13.8 Å². The topological polar surface area (TPSA) is 140 Å². The van der Waals surface area contributed by atoms with E-state index < -0.39 is 11.9 Å². The SMILES string of the molecule is CC[NH+](CC)CCNC(=O)c1ccc(NC(=O)C(C)C)cc1.O=C([O-])C(=O)O. The molecule has 0 fully saturated rings. The number of rotatable bonds is 8. The molecular formula is C19H29N3O6. The monoisotopic (exact) mass is 395 g/mol. The zero-order chi connectivity index (χ0) is 21.7. The number of amides is 2. The van der Waals surface area contributed by atoms with Crippen molar-refractivity contribution in [2.45, 2.75) is 27.7 Å². The third kappa shape index (κ3) is 10.3. The number of aliphatic carboxylic acids is 2. The summed E-state index contributed by atoms with van der Waals surface area (Å²) in [4.78, 5) is 43.1. The summed E-state index contributed by atoms with van der Waals surface area (Å²) in [5, 5.41) is 22.1. The normalized spacial score (nSPS) is 10.1. The van der Waals surface area contributed by atoms with Gasteiger partial charge in [-0.3, -0.25) is 9.59 Å². The van der Waals surface area contributed by atoms with E-state index >= 15 is 0 Å². The quantitative estimate of drug-likeness (QED) is 0.406. The predicted octanol–water partition coefficient (Wildman–Crippen LogP) is -1.24. The Morgan fingerprint density at radius 1 is 1.07 bits per heavy atom. The van der Waals surface area contributed by atoms with Crippen molar-refractivity contribution in [3.8, 4) is 0 Å². The van der Waals surface area contributed by atoms with Crippen molar-refractivity contribution in [1.29, 1.82) is 0 Å². The van der Waals surface area contributed by atoms with Gasteiger partial charge < -0.3 is 30.5 Å². The third-order valence-corrected chi connectivity index (χ3v) is 3.88. The van der Waals surface area contributed by atoms with Gasteiger partial charge in [-0.15, -0.1) is 0 Å². The van der Waals surface area contributed by atoms with E-state index in [-0.39, 0.29) is 17.7 Å². The second-order valence-corrected chi connectivity index (χ2v) is 6.28. The summed E-state index contributed by atoms with van der Waals surface area (Å²) >= 11 is 0. The molecule has 0 aliphatic carbocycles. The highest BCUT2D eigenvalue weighted by Crippen LogP contribution is 2.10. The number of quaternary nitrogens is 1. The summed E-state index contributed by atoms with van der Waals surface area (Å²) in [5.74, 6) is -4.18. The molecule has 0 bridgehead atoms. The van der Waals surface area contributed by atoms with Crippen LogP contribution in [0.15, 0.2) is 24.3 Å².